The minimum atomic E-state index is -1.01. The van der Waals surface area contributed by atoms with Crippen molar-refractivity contribution < 1.29 is 19.4 Å². The van der Waals surface area contributed by atoms with Crippen molar-refractivity contribution in [1.82, 2.24) is 9.97 Å². The molecule has 0 saturated carbocycles. The van der Waals surface area contributed by atoms with Crippen molar-refractivity contribution in [3.05, 3.63) is 11.9 Å². The molecule has 0 aliphatic carbocycles. The molecular formula is C11H17N3O4. The van der Waals surface area contributed by atoms with Gasteiger partial charge in [-0.15, -0.1) is 0 Å². The highest BCUT2D eigenvalue weighted by Crippen LogP contribution is 2.20. The van der Waals surface area contributed by atoms with Gasteiger partial charge in [0, 0.05) is 7.11 Å². The number of ether oxygens (including phenoxy) is 2. The Morgan fingerprint density at radius 1 is 1.56 bits per heavy atom. The number of nitrogens with zero attached hydrogens (tertiary/aromatic N) is 2. The number of hydrogen-bond acceptors (Lipinski definition) is 6. The molecule has 0 spiro atoms. The van der Waals surface area contributed by atoms with Gasteiger partial charge >= 0.3 is 5.97 Å². The van der Waals surface area contributed by atoms with Gasteiger partial charge in [-0.2, -0.15) is 0 Å². The quantitative estimate of drug-likeness (QED) is 0.740. The van der Waals surface area contributed by atoms with Crippen molar-refractivity contribution in [2.24, 2.45) is 0 Å². The molecule has 0 aliphatic heterocycles. The SMILES string of the molecule is CCOc1ncnc(NC(COC)C(=O)O)c1C. The molecule has 100 valence electrons. The van der Waals surface area contributed by atoms with Gasteiger partial charge in [-0.3, -0.25) is 0 Å². The monoisotopic (exact) mass is 255 g/mol. The molecule has 2 N–H and O–H groups in total. The van der Waals surface area contributed by atoms with Crippen molar-refractivity contribution in [1.29, 1.82) is 0 Å². The van der Waals surface area contributed by atoms with E-state index in [1.807, 2.05) is 6.92 Å². The number of anilines is 1. The van der Waals surface area contributed by atoms with Crippen LogP contribution in [0.5, 0.6) is 5.88 Å². The number of methoxy groups -OCH3 is 1. The van der Waals surface area contributed by atoms with E-state index in [9.17, 15) is 4.79 Å². The molecule has 7 heteroatoms. The first kappa shape index (κ1) is 14.2. The van der Waals surface area contributed by atoms with E-state index in [0.717, 1.165) is 0 Å². The summed E-state index contributed by atoms with van der Waals surface area (Å²) in [5.74, 6) is -0.137. The highest BCUT2D eigenvalue weighted by atomic mass is 16.5. The van der Waals surface area contributed by atoms with Gasteiger partial charge in [-0.1, -0.05) is 0 Å². The van der Waals surface area contributed by atoms with Crippen LogP contribution in [0.4, 0.5) is 5.82 Å². The van der Waals surface area contributed by atoms with Crippen LogP contribution in [0.15, 0.2) is 6.33 Å². The van der Waals surface area contributed by atoms with E-state index in [0.29, 0.717) is 23.9 Å². The maximum atomic E-state index is 11.0. The van der Waals surface area contributed by atoms with Crippen LogP contribution in [-0.4, -0.2) is 47.4 Å². The van der Waals surface area contributed by atoms with Crippen LogP contribution in [-0.2, 0) is 9.53 Å². The summed E-state index contributed by atoms with van der Waals surface area (Å²) in [6, 6.07) is -0.863. The van der Waals surface area contributed by atoms with Gasteiger partial charge in [-0.05, 0) is 13.8 Å². The normalized spacial score (nSPS) is 11.9. The second-order valence-electron chi connectivity index (χ2n) is 3.58. The number of carboxylic acid groups (broad SMARTS) is 1. The summed E-state index contributed by atoms with van der Waals surface area (Å²) in [4.78, 5) is 19.0. The van der Waals surface area contributed by atoms with E-state index in [-0.39, 0.29) is 6.61 Å². The lowest BCUT2D eigenvalue weighted by Crippen LogP contribution is -2.34. The Kier molecular flexibility index (Phi) is 5.31. The highest BCUT2D eigenvalue weighted by molar-refractivity contribution is 5.77. The molecule has 1 atom stereocenters. The summed E-state index contributed by atoms with van der Waals surface area (Å²) in [6.45, 7) is 4.14. The first-order valence-corrected chi connectivity index (χ1v) is 5.52. The average molecular weight is 255 g/mol. The zero-order valence-corrected chi connectivity index (χ0v) is 10.6. The minimum Gasteiger partial charge on any atom is -0.480 e. The molecule has 0 aromatic carbocycles. The molecule has 1 heterocycles. The Hall–Kier alpha value is -1.89. The zero-order valence-electron chi connectivity index (χ0n) is 10.6. The van der Waals surface area contributed by atoms with E-state index in [1.54, 1.807) is 6.92 Å². The number of carbonyl (C=O) groups is 1. The number of aromatic nitrogens is 2. The maximum absolute atomic E-state index is 11.0. The van der Waals surface area contributed by atoms with E-state index < -0.39 is 12.0 Å². The van der Waals surface area contributed by atoms with Crippen LogP contribution in [0, 0.1) is 6.92 Å². The summed E-state index contributed by atoms with van der Waals surface area (Å²) in [5, 5.41) is 11.8. The van der Waals surface area contributed by atoms with Gasteiger partial charge in [0.15, 0.2) is 0 Å². The molecule has 0 amide bonds. The van der Waals surface area contributed by atoms with E-state index in [4.69, 9.17) is 14.6 Å². The maximum Gasteiger partial charge on any atom is 0.328 e. The Balaban J connectivity index is 2.88. The molecular weight excluding hydrogens is 238 g/mol. The predicted octanol–water partition coefficient (Wildman–Crippen LogP) is 0.695. The van der Waals surface area contributed by atoms with Crippen molar-refractivity contribution in [2.75, 3.05) is 25.6 Å². The van der Waals surface area contributed by atoms with Crippen LogP contribution in [0.2, 0.25) is 0 Å². The lowest BCUT2D eigenvalue weighted by molar-refractivity contribution is -0.139. The van der Waals surface area contributed by atoms with Crippen LogP contribution in [0.1, 0.15) is 12.5 Å². The lowest BCUT2D eigenvalue weighted by Gasteiger charge is -2.16. The Bertz CT molecular complexity index is 411. The van der Waals surface area contributed by atoms with Crippen molar-refractivity contribution in [3.8, 4) is 5.88 Å². The average Bonchev–Trinajstić information content (AvgIpc) is 2.33. The Labute approximate surface area is 105 Å². The van der Waals surface area contributed by atoms with Gasteiger partial charge in [0.1, 0.15) is 18.2 Å². The number of nitrogens with one attached hydrogen (secondary N) is 1. The van der Waals surface area contributed by atoms with Crippen LogP contribution < -0.4 is 10.1 Å². The molecule has 0 aliphatic rings. The van der Waals surface area contributed by atoms with Crippen molar-refractivity contribution in [2.45, 2.75) is 19.9 Å². The third-order valence-corrected chi connectivity index (χ3v) is 2.26. The number of rotatable bonds is 7. The first-order valence-electron chi connectivity index (χ1n) is 5.52. The summed E-state index contributed by atoms with van der Waals surface area (Å²) in [5.41, 5.74) is 0.668. The number of hydrogen-bond donors (Lipinski definition) is 2. The molecule has 0 saturated heterocycles. The zero-order chi connectivity index (χ0) is 13.5. The molecule has 1 aromatic heterocycles. The molecule has 0 radical (unpaired) electrons. The fourth-order valence-corrected chi connectivity index (χ4v) is 1.37. The second-order valence-corrected chi connectivity index (χ2v) is 3.58. The third-order valence-electron chi connectivity index (χ3n) is 2.26. The predicted molar refractivity (Wildman–Crippen MR) is 64.9 cm³/mol. The second kappa shape index (κ2) is 6.75. The van der Waals surface area contributed by atoms with Crippen molar-refractivity contribution >= 4 is 11.8 Å². The fourth-order valence-electron chi connectivity index (χ4n) is 1.37. The summed E-state index contributed by atoms with van der Waals surface area (Å²) in [6.07, 6.45) is 1.33. The van der Waals surface area contributed by atoms with Gasteiger partial charge in [0.05, 0.1) is 18.8 Å². The molecule has 18 heavy (non-hydrogen) atoms. The first-order chi connectivity index (χ1) is 8.60. The minimum absolute atomic E-state index is 0.0444. The number of aliphatic carboxylic acids is 1. The molecule has 1 rings (SSSR count). The highest BCUT2D eigenvalue weighted by Gasteiger charge is 2.19. The van der Waals surface area contributed by atoms with Crippen molar-refractivity contribution in [3.63, 3.8) is 0 Å². The van der Waals surface area contributed by atoms with Gasteiger partial charge < -0.3 is 19.9 Å². The van der Waals surface area contributed by atoms with Gasteiger partial charge in [0.2, 0.25) is 5.88 Å². The van der Waals surface area contributed by atoms with Crippen LogP contribution in [0.25, 0.3) is 0 Å². The topological polar surface area (TPSA) is 93.6 Å². The largest absolute Gasteiger partial charge is 0.480 e. The summed E-state index contributed by atoms with van der Waals surface area (Å²) >= 11 is 0. The molecule has 1 aromatic rings. The molecule has 7 nitrogen and oxygen atoms in total. The van der Waals surface area contributed by atoms with E-state index >= 15 is 0 Å². The van der Waals surface area contributed by atoms with Gasteiger partial charge in [-0.25, -0.2) is 14.8 Å². The Morgan fingerprint density at radius 3 is 2.83 bits per heavy atom. The van der Waals surface area contributed by atoms with E-state index in [1.165, 1.54) is 13.4 Å². The number of carboxylic acids is 1. The molecule has 0 fully saturated rings. The van der Waals surface area contributed by atoms with Crippen LogP contribution in [0.3, 0.4) is 0 Å². The van der Waals surface area contributed by atoms with E-state index in [2.05, 4.69) is 15.3 Å². The summed E-state index contributed by atoms with van der Waals surface area (Å²) in [7, 11) is 1.44. The lowest BCUT2D eigenvalue weighted by atomic mass is 10.2. The molecule has 1 unspecified atom stereocenters. The van der Waals surface area contributed by atoms with Crippen LogP contribution >= 0.6 is 0 Å². The third kappa shape index (κ3) is 3.56. The Morgan fingerprint density at radius 2 is 2.28 bits per heavy atom. The standard InChI is InChI=1S/C11H17N3O4/c1-4-18-10-7(2)9(12-6-13-10)14-8(5-17-3)11(15)16/h6,8H,4-5H2,1-3H3,(H,15,16)(H,12,13,14). The smallest absolute Gasteiger partial charge is 0.328 e. The summed E-state index contributed by atoms with van der Waals surface area (Å²) < 4.78 is 10.1. The van der Waals surface area contributed by atoms with Gasteiger partial charge in [0.25, 0.3) is 0 Å². The fraction of sp³-hybridized carbons (Fsp3) is 0.545. The molecule has 0 bridgehead atoms.